The van der Waals surface area contributed by atoms with Crippen LogP contribution in [-0.2, 0) is 19.4 Å². The summed E-state index contributed by atoms with van der Waals surface area (Å²) in [7, 11) is -4.17. The van der Waals surface area contributed by atoms with Gasteiger partial charge in [0, 0.05) is 6.42 Å². The van der Waals surface area contributed by atoms with Crippen molar-refractivity contribution in [1.82, 2.24) is 0 Å². The Morgan fingerprint density at radius 2 is 1.38 bits per heavy atom. The Labute approximate surface area is 129 Å². The third kappa shape index (κ3) is 28.3. The Balaban J connectivity index is 0. The molecule has 128 valence electrons. The average molecular weight is 325 g/mol. The highest BCUT2D eigenvalue weighted by Gasteiger charge is 1.98. The molecule has 0 aromatic rings. The first kappa shape index (κ1) is 22.6. The fourth-order valence-electron chi connectivity index (χ4n) is 1.76. The zero-order valence-electron chi connectivity index (χ0n) is 13.3. The van der Waals surface area contributed by atoms with Crippen molar-refractivity contribution in [3.63, 3.8) is 0 Å². The molecule has 0 spiro atoms. The lowest BCUT2D eigenvalue weighted by Crippen LogP contribution is -2.09. The molecule has 0 saturated heterocycles. The molecule has 0 aliphatic rings. The van der Waals surface area contributed by atoms with Crippen molar-refractivity contribution in [1.29, 1.82) is 0 Å². The highest BCUT2D eigenvalue weighted by molar-refractivity contribution is 7.80. The lowest BCUT2D eigenvalue weighted by Gasteiger charge is -2.00. The van der Waals surface area contributed by atoms with Gasteiger partial charge in [-0.1, -0.05) is 58.3 Å². The van der Waals surface area contributed by atoms with Gasteiger partial charge in [-0.3, -0.25) is 9.35 Å². The maximum absolute atomic E-state index is 10.4. The summed E-state index contributed by atoms with van der Waals surface area (Å²) in [4.78, 5) is 10.4. The second-order valence-electron chi connectivity index (χ2n) is 4.88. The first-order chi connectivity index (χ1) is 9.83. The number of primary amides is 1. The molecule has 0 aliphatic heterocycles. The third-order valence-electron chi connectivity index (χ3n) is 2.79. The fraction of sp³-hybridized carbons (Fsp3) is 0.929. The van der Waals surface area contributed by atoms with Crippen molar-refractivity contribution in [2.24, 2.45) is 5.73 Å². The predicted molar refractivity (Wildman–Crippen MR) is 84.2 cm³/mol. The van der Waals surface area contributed by atoms with Crippen molar-refractivity contribution in [3.8, 4) is 0 Å². The van der Waals surface area contributed by atoms with Crippen LogP contribution in [0.25, 0.3) is 0 Å². The van der Waals surface area contributed by atoms with Gasteiger partial charge in [0.25, 0.3) is 0 Å². The van der Waals surface area contributed by atoms with E-state index in [4.69, 9.17) is 10.3 Å². The molecule has 0 heterocycles. The van der Waals surface area contributed by atoms with E-state index in [2.05, 4.69) is 11.1 Å². The summed E-state index contributed by atoms with van der Waals surface area (Å²) >= 11 is 0. The molecule has 0 aromatic carbocycles. The summed E-state index contributed by atoms with van der Waals surface area (Å²) in [6.07, 6.45) is 12.1. The average Bonchev–Trinajstić information content (AvgIpc) is 2.36. The molecule has 0 aliphatic carbocycles. The van der Waals surface area contributed by atoms with Crippen LogP contribution in [0.4, 0.5) is 0 Å². The molecule has 0 atom stereocenters. The molecule has 7 heteroatoms. The molecular weight excluding hydrogens is 294 g/mol. The molecule has 0 rings (SSSR count). The SMILES string of the molecule is CCCCCCCCCCCC(N)=O.CCOS(=O)(=O)O. The maximum atomic E-state index is 10.4. The fourth-order valence-corrected chi connectivity index (χ4v) is 2.06. The Hall–Kier alpha value is -0.660. The van der Waals surface area contributed by atoms with Crippen molar-refractivity contribution in [2.45, 2.75) is 78.1 Å². The smallest absolute Gasteiger partial charge is 0.370 e. The number of hydrogen-bond acceptors (Lipinski definition) is 4. The Morgan fingerprint density at radius 3 is 1.67 bits per heavy atom. The molecule has 3 N–H and O–H groups in total. The molecule has 0 fully saturated rings. The second kappa shape index (κ2) is 15.7. The van der Waals surface area contributed by atoms with Gasteiger partial charge in [0.05, 0.1) is 6.61 Å². The first-order valence-corrected chi connectivity index (χ1v) is 9.10. The number of amides is 1. The van der Waals surface area contributed by atoms with Gasteiger partial charge in [0.1, 0.15) is 0 Å². The van der Waals surface area contributed by atoms with E-state index in [0.717, 1.165) is 12.8 Å². The molecule has 21 heavy (non-hydrogen) atoms. The van der Waals surface area contributed by atoms with E-state index in [-0.39, 0.29) is 12.5 Å². The van der Waals surface area contributed by atoms with E-state index < -0.39 is 10.4 Å². The predicted octanol–water partition coefficient (Wildman–Crippen LogP) is 3.22. The molecule has 0 radical (unpaired) electrons. The number of nitrogens with two attached hydrogens (primary N) is 1. The Kier molecular flexibility index (Phi) is 16.9. The summed E-state index contributed by atoms with van der Waals surface area (Å²) in [5.41, 5.74) is 5.05. The lowest BCUT2D eigenvalue weighted by atomic mass is 10.1. The van der Waals surface area contributed by atoms with Crippen LogP contribution in [-0.4, -0.2) is 25.5 Å². The van der Waals surface area contributed by atoms with Gasteiger partial charge in [0.2, 0.25) is 5.91 Å². The van der Waals surface area contributed by atoms with Crippen LogP contribution < -0.4 is 5.73 Å². The van der Waals surface area contributed by atoms with Crippen LogP contribution >= 0.6 is 0 Å². The van der Waals surface area contributed by atoms with Gasteiger partial charge in [-0.2, -0.15) is 8.42 Å². The number of carbonyl (C=O) groups is 1. The standard InChI is InChI=1S/C12H25NO.C2H6O4S/c1-2-3-4-5-6-7-8-9-10-11-12(13)14;1-2-6-7(3,4)5/h2-11H2,1H3,(H2,13,14);2H2,1H3,(H,3,4,5). The zero-order chi connectivity index (χ0) is 16.6. The highest BCUT2D eigenvalue weighted by atomic mass is 32.3. The van der Waals surface area contributed by atoms with Gasteiger partial charge in [-0.05, 0) is 13.3 Å². The van der Waals surface area contributed by atoms with E-state index in [0.29, 0.717) is 6.42 Å². The molecule has 0 aromatic heterocycles. The van der Waals surface area contributed by atoms with Gasteiger partial charge < -0.3 is 5.73 Å². The lowest BCUT2D eigenvalue weighted by molar-refractivity contribution is -0.118. The van der Waals surface area contributed by atoms with Crippen molar-refractivity contribution in [2.75, 3.05) is 6.61 Å². The molecular formula is C14H31NO5S. The van der Waals surface area contributed by atoms with Gasteiger partial charge in [-0.25, -0.2) is 4.18 Å². The van der Waals surface area contributed by atoms with Gasteiger partial charge in [-0.15, -0.1) is 0 Å². The Bertz CT molecular complexity index is 330. The summed E-state index contributed by atoms with van der Waals surface area (Å²) < 4.78 is 30.7. The van der Waals surface area contributed by atoms with Crippen LogP contribution in [0.1, 0.15) is 78.1 Å². The van der Waals surface area contributed by atoms with E-state index >= 15 is 0 Å². The molecule has 0 saturated carbocycles. The van der Waals surface area contributed by atoms with Crippen LogP contribution in [0.5, 0.6) is 0 Å². The van der Waals surface area contributed by atoms with Crippen molar-refractivity contribution < 1.29 is 21.9 Å². The van der Waals surface area contributed by atoms with Crippen molar-refractivity contribution >= 4 is 16.3 Å². The van der Waals surface area contributed by atoms with Crippen LogP contribution in [0.3, 0.4) is 0 Å². The van der Waals surface area contributed by atoms with Crippen molar-refractivity contribution in [3.05, 3.63) is 0 Å². The zero-order valence-corrected chi connectivity index (χ0v) is 14.2. The number of carbonyl (C=O) groups excluding carboxylic acids is 1. The number of hydrogen-bond donors (Lipinski definition) is 2. The molecule has 0 bridgehead atoms. The first-order valence-electron chi connectivity index (χ1n) is 7.73. The number of unbranched alkanes of at least 4 members (excludes halogenated alkanes) is 8. The van der Waals surface area contributed by atoms with Crippen LogP contribution in [0.2, 0.25) is 0 Å². The quantitative estimate of drug-likeness (QED) is 0.423. The monoisotopic (exact) mass is 325 g/mol. The second-order valence-corrected chi connectivity index (χ2v) is 5.97. The molecule has 0 unspecified atom stereocenters. The van der Waals surface area contributed by atoms with E-state index in [9.17, 15) is 13.2 Å². The summed E-state index contributed by atoms with van der Waals surface area (Å²) in [6, 6.07) is 0. The summed E-state index contributed by atoms with van der Waals surface area (Å²) in [6.45, 7) is 3.68. The topological polar surface area (TPSA) is 107 Å². The van der Waals surface area contributed by atoms with E-state index in [1.54, 1.807) is 0 Å². The van der Waals surface area contributed by atoms with Gasteiger partial charge in [0.15, 0.2) is 0 Å². The number of rotatable bonds is 12. The highest BCUT2D eigenvalue weighted by Crippen LogP contribution is 2.10. The normalized spacial score (nSPS) is 10.8. The summed E-state index contributed by atoms with van der Waals surface area (Å²) in [5, 5.41) is 0. The van der Waals surface area contributed by atoms with Gasteiger partial charge >= 0.3 is 10.4 Å². The largest absolute Gasteiger partial charge is 0.397 e. The maximum Gasteiger partial charge on any atom is 0.397 e. The minimum absolute atomic E-state index is 0.0289. The third-order valence-corrected chi connectivity index (χ3v) is 3.33. The van der Waals surface area contributed by atoms with Crippen LogP contribution in [0, 0.1) is 0 Å². The molecule has 1 amide bonds. The Morgan fingerprint density at radius 1 is 0.952 bits per heavy atom. The molecule has 6 nitrogen and oxygen atoms in total. The van der Waals surface area contributed by atoms with E-state index in [1.165, 1.54) is 51.9 Å². The summed E-state index contributed by atoms with van der Waals surface area (Å²) in [5.74, 6) is -0.159. The minimum Gasteiger partial charge on any atom is -0.370 e. The van der Waals surface area contributed by atoms with Crippen LogP contribution in [0.15, 0.2) is 0 Å². The minimum atomic E-state index is -4.17. The van der Waals surface area contributed by atoms with E-state index in [1.807, 2.05) is 0 Å².